The van der Waals surface area contributed by atoms with E-state index >= 15 is 0 Å². The van der Waals surface area contributed by atoms with E-state index in [1.165, 1.54) is 12.1 Å². The standard InChI is InChI=1S/C18H21FO4/c1-21-9-10-22-18(12-20)16-11-15(19)7-8-17(16)23-13-14-5-3-2-4-6-14/h2-8,11,18,20H,9-10,12-13H2,1H3. The fraction of sp³-hybridized carbons (Fsp3) is 0.333. The lowest BCUT2D eigenvalue weighted by Crippen LogP contribution is -2.14. The number of methoxy groups -OCH3 is 1. The number of hydrogen-bond acceptors (Lipinski definition) is 4. The van der Waals surface area contributed by atoms with Crippen molar-refractivity contribution in [3.63, 3.8) is 0 Å². The molecule has 0 saturated carbocycles. The molecule has 23 heavy (non-hydrogen) atoms. The molecule has 1 N–H and O–H groups in total. The first-order valence-electron chi connectivity index (χ1n) is 7.42. The number of aliphatic hydroxyl groups excluding tert-OH is 1. The summed E-state index contributed by atoms with van der Waals surface area (Å²) in [6.07, 6.45) is -0.661. The molecule has 0 saturated heterocycles. The van der Waals surface area contributed by atoms with E-state index in [0.717, 1.165) is 5.56 Å². The fourth-order valence-electron chi connectivity index (χ4n) is 2.15. The Bertz CT molecular complexity index is 589. The van der Waals surface area contributed by atoms with Crippen LogP contribution in [0.5, 0.6) is 5.75 Å². The fourth-order valence-corrected chi connectivity index (χ4v) is 2.15. The van der Waals surface area contributed by atoms with E-state index in [9.17, 15) is 9.50 Å². The first kappa shape index (κ1) is 17.4. The molecule has 2 aromatic carbocycles. The first-order valence-corrected chi connectivity index (χ1v) is 7.42. The van der Waals surface area contributed by atoms with Crippen molar-refractivity contribution in [3.8, 4) is 5.75 Å². The van der Waals surface area contributed by atoms with Gasteiger partial charge in [-0.25, -0.2) is 4.39 Å². The SMILES string of the molecule is COCCOC(CO)c1cc(F)ccc1OCc1ccccc1. The van der Waals surface area contributed by atoms with Crippen LogP contribution in [0.2, 0.25) is 0 Å². The Labute approximate surface area is 135 Å². The Hall–Kier alpha value is -1.95. The maximum absolute atomic E-state index is 13.6. The number of halogens is 1. The summed E-state index contributed by atoms with van der Waals surface area (Å²) in [5, 5.41) is 9.54. The van der Waals surface area contributed by atoms with Crippen molar-refractivity contribution in [3.05, 3.63) is 65.5 Å². The Kier molecular flexibility index (Phi) is 7.00. The first-order chi connectivity index (χ1) is 11.2. The molecule has 0 aliphatic carbocycles. The predicted octanol–water partition coefficient (Wildman–Crippen LogP) is 3.10. The van der Waals surface area contributed by atoms with Gasteiger partial charge in [0.2, 0.25) is 0 Å². The maximum atomic E-state index is 13.6. The average molecular weight is 320 g/mol. The normalized spacial score (nSPS) is 12.1. The van der Waals surface area contributed by atoms with E-state index in [0.29, 0.717) is 31.1 Å². The van der Waals surface area contributed by atoms with Gasteiger partial charge in [-0.05, 0) is 23.8 Å². The van der Waals surface area contributed by atoms with Crippen LogP contribution in [0.3, 0.4) is 0 Å². The van der Waals surface area contributed by atoms with Gasteiger partial charge >= 0.3 is 0 Å². The lowest BCUT2D eigenvalue weighted by Gasteiger charge is -2.19. The maximum Gasteiger partial charge on any atom is 0.125 e. The molecule has 0 aromatic heterocycles. The minimum absolute atomic E-state index is 0.269. The Balaban J connectivity index is 2.12. The molecule has 124 valence electrons. The summed E-state index contributed by atoms with van der Waals surface area (Å²) in [6, 6.07) is 13.9. The zero-order valence-electron chi connectivity index (χ0n) is 13.1. The third-order valence-corrected chi connectivity index (χ3v) is 3.33. The van der Waals surface area contributed by atoms with Gasteiger partial charge in [-0.15, -0.1) is 0 Å². The van der Waals surface area contributed by atoms with Crippen LogP contribution in [-0.2, 0) is 16.1 Å². The van der Waals surface area contributed by atoms with Crippen LogP contribution in [0.15, 0.2) is 48.5 Å². The summed E-state index contributed by atoms with van der Waals surface area (Å²) < 4.78 is 29.8. The minimum atomic E-state index is -0.661. The highest BCUT2D eigenvalue weighted by Crippen LogP contribution is 2.29. The minimum Gasteiger partial charge on any atom is -0.489 e. The monoisotopic (exact) mass is 320 g/mol. The van der Waals surface area contributed by atoms with Gasteiger partial charge in [-0.2, -0.15) is 0 Å². The summed E-state index contributed by atoms with van der Waals surface area (Å²) in [5.74, 6) is 0.0903. The molecule has 2 rings (SSSR count). The Morgan fingerprint density at radius 1 is 1.09 bits per heavy atom. The highest BCUT2D eigenvalue weighted by atomic mass is 19.1. The smallest absolute Gasteiger partial charge is 0.125 e. The zero-order chi connectivity index (χ0) is 16.5. The van der Waals surface area contributed by atoms with E-state index in [4.69, 9.17) is 14.2 Å². The summed E-state index contributed by atoms with van der Waals surface area (Å²) in [5.41, 5.74) is 1.49. The van der Waals surface area contributed by atoms with Crippen LogP contribution < -0.4 is 4.74 Å². The second-order valence-electron chi connectivity index (χ2n) is 4.99. The van der Waals surface area contributed by atoms with Gasteiger partial charge in [-0.3, -0.25) is 0 Å². The zero-order valence-corrected chi connectivity index (χ0v) is 13.1. The molecule has 0 aliphatic heterocycles. The topological polar surface area (TPSA) is 47.9 Å². The largest absolute Gasteiger partial charge is 0.489 e. The van der Waals surface area contributed by atoms with Gasteiger partial charge < -0.3 is 19.3 Å². The predicted molar refractivity (Wildman–Crippen MR) is 84.8 cm³/mol. The molecule has 0 aliphatic rings. The molecule has 0 fully saturated rings. The third-order valence-electron chi connectivity index (χ3n) is 3.33. The van der Waals surface area contributed by atoms with Crippen molar-refractivity contribution in [2.24, 2.45) is 0 Å². The van der Waals surface area contributed by atoms with Crippen LogP contribution in [-0.4, -0.2) is 32.0 Å². The molecule has 0 amide bonds. The van der Waals surface area contributed by atoms with E-state index in [-0.39, 0.29) is 6.61 Å². The Morgan fingerprint density at radius 3 is 2.57 bits per heavy atom. The van der Waals surface area contributed by atoms with Crippen LogP contribution >= 0.6 is 0 Å². The van der Waals surface area contributed by atoms with Crippen molar-refractivity contribution in [1.29, 1.82) is 0 Å². The molecule has 5 heteroatoms. The van der Waals surface area contributed by atoms with Crippen LogP contribution in [0.1, 0.15) is 17.2 Å². The van der Waals surface area contributed by atoms with Gasteiger partial charge in [0.1, 0.15) is 24.3 Å². The molecule has 4 nitrogen and oxygen atoms in total. The number of hydrogen-bond donors (Lipinski definition) is 1. The van der Waals surface area contributed by atoms with Gasteiger partial charge in [0.15, 0.2) is 0 Å². The summed E-state index contributed by atoms with van der Waals surface area (Å²) in [4.78, 5) is 0. The highest BCUT2D eigenvalue weighted by molar-refractivity contribution is 5.36. The lowest BCUT2D eigenvalue weighted by molar-refractivity contribution is -0.0137. The molecular weight excluding hydrogens is 299 g/mol. The van der Waals surface area contributed by atoms with Crippen molar-refractivity contribution >= 4 is 0 Å². The quantitative estimate of drug-likeness (QED) is 0.721. The molecule has 1 atom stereocenters. The number of rotatable bonds is 9. The molecule has 0 bridgehead atoms. The number of ether oxygens (including phenoxy) is 3. The molecule has 0 heterocycles. The van der Waals surface area contributed by atoms with Crippen molar-refractivity contribution in [1.82, 2.24) is 0 Å². The van der Waals surface area contributed by atoms with E-state index in [2.05, 4.69) is 0 Å². The third kappa shape index (κ3) is 5.32. The van der Waals surface area contributed by atoms with Gasteiger partial charge in [0.05, 0.1) is 19.8 Å². The van der Waals surface area contributed by atoms with Crippen LogP contribution in [0.25, 0.3) is 0 Å². The van der Waals surface area contributed by atoms with Gasteiger partial charge in [0, 0.05) is 12.7 Å². The average Bonchev–Trinajstić information content (AvgIpc) is 2.59. The molecule has 0 radical (unpaired) electrons. The van der Waals surface area contributed by atoms with Gasteiger partial charge in [0.25, 0.3) is 0 Å². The van der Waals surface area contributed by atoms with Crippen molar-refractivity contribution in [2.75, 3.05) is 26.9 Å². The molecule has 0 spiro atoms. The van der Waals surface area contributed by atoms with E-state index < -0.39 is 11.9 Å². The highest BCUT2D eigenvalue weighted by Gasteiger charge is 2.17. The van der Waals surface area contributed by atoms with E-state index in [1.54, 1.807) is 13.2 Å². The number of benzene rings is 2. The molecule has 1 unspecified atom stereocenters. The Morgan fingerprint density at radius 2 is 1.87 bits per heavy atom. The molecule has 2 aromatic rings. The summed E-state index contributed by atoms with van der Waals surface area (Å²) >= 11 is 0. The van der Waals surface area contributed by atoms with E-state index in [1.807, 2.05) is 30.3 Å². The van der Waals surface area contributed by atoms with Crippen molar-refractivity contribution in [2.45, 2.75) is 12.7 Å². The second-order valence-corrected chi connectivity index (χ2v) is 4.99. The molecular formula is C18H21FO4. The second kappa shape index (κ2) is 9.25. The lowest BCUT2D eigenvalue weighted by atomic mass is 10.1. The van der Waals surface area contributed by atoms with Gasteiger partial charge in [-0.1, -0.05) is 30.3 Å². The number of aliphatic hydroxyl groups is 1. The summed E-state index contributed by atoms with van der Waals surface area (Å²) in [7, 11) is 1.56. The van der Waals surface area contributed by atoms with Crippen LogP contribution in [0.4, 0.5) is 4.39 Å². The van der Waals surface area contributed by atoms with Crippen LogP contribution in [0, 0.1) is 5.82 Å². The summed E-state index contributed by atoms with van der Waals surface area (Å²) in [6.45, 7) is 0.785. The van der Waals surface area contributed by atoms with Crippen molar-refractivity contribution < 1.29 is 23.7 Å².